The van der Waals surface area contributed by atoms with E-state index in [1.165, 1.54) is 4.90 Å². The van der Waals surface area contributed by atoms with Gasteiger partial charge in [-0.25, -0.2) is 0 Å². The van der Waals surface area contributed by atoms with Gasteiger partial charge in [0, 0.05) is 24.1 Å². The Hall–Kier alpha value is -1.07. The number of carbonyl (C=O) groups excluding carboxylic acids is 1. The molecule has 0 unspecified atom stereocenters. The van der Waals surface area contributed by atoms with Crippen molar-refractivity contribution in [1.29, 1.82) is 0 Å². The van der Waals surface area contributed by atoms with Gasteiger partial charge in [0.2, 0.25) is 0 Å². The molecule has 0 atom stereocenters. The van der Waals surface area contributed by atoms with Gasteiger partial charge in [0.1, 0.15) is 5.75 Å². The molecule has 1 amide bonds. The van der Waals surface area contributed by atoms with Crippen LogP contribution < -0.4 is 4.74 Å². The lowest BCUT2D eigenvalue weighted by Crippen LogP contribution is -2.27. The third-order valence-electron chi connectivity index (χ3n) is 2.33. The second-order valence-electron chi connectivity index (χ2n) is 3.95. The molecule has 0 aromatic heterocycles. The Balaban J connectivity index is 2.87. The first kappa shape index (κ1) is 14.0. The number of hydrogen-bond donors (Lipinski definition) is 1. The zero-order valence-corrected chi connectivity index (χ0v) is 11.7. The number of aryl methyl sites for hydroxylation is 1. The van der Waals surface area contributed by atoms with E-state index >= 15 is 0 Å². The Morgan fingerprint density at radius 1 is 1.47 bits per heavy atom. The van der Waals surface area contributed by atoms with Crippen molar-refractivity contribution in [3.8, 4) is 5.75 Å². The number of hydrogen-bond acceptors (Lipinski definition) is 3. The number of carbonyl (C=O) groups is 1. The second-order valence-corrected chi connectivity index (χ2v) is 4.86. The Morgan fingerprint density at radius 3 is 2.65 bits per heavy atom. The van der Waals surface area contributed by atoms with Crippen LogP contribution in [0.25, 0.3) is 0 Å². The summed E-state index contributed by atoms with van der Waals surface area (Å²) in [4.78, 5) is 12.9. The predicted octanol–water partition coefficient (Wildman–Crippen LogP) is 1.72. The van der Waals surface area contributed by atoms with Crippen molar-refractivity contribution < 1.29 is 14.6 Å². The summed E-state index contributed by atoms with van der Waals surface area (Å²) >= 11 is 3.35. The van der Waals surface area contributed by atoms with Crippen molar-refractivity contribution in [2.45, 2.75) is 13.5 Å². The summed E-state index contributed by atoms with van der Waals surface area (Å²) < 4.78 is 6.34. The first-order valence-corrected chi connectivity index (χ1v) is 5.97. The third kappa shape index (κ3) is 3.71. The third-order valence-corrected chi connectivity index (χ3v) is 2.78. The maximum Gasteiger partial charge on any atom is 0.259 e. The molecule has 0 aliphatic rings. The van der Waals surface area contributed by atoms with E-state index in [1.54, 1.807) is 20.2 Å². The van der Waals surface area contributed by atoms with Crippen molar-refractivity contribution in [2.24, 2.45) is 0 Å². The molecule has 17 heavy (non-hydrogen) atoms. The number of benzene rings is 1. The number of aliphatic hydroxyl groups excluding tert-OH is 1. The number of amides is 1. The summed E-state index contributed by atoms with van der Waals surface area (Å²) in [5.74, 6) is 0.460. The molecule has 0 aliphatic heterocycles. The molecule has 0 saturated carbocycles. The van der Waals surface area contributed by atoms with Crippen LogP contribution in [0.15, 0.2) is 16.6 Å². The van der Waals surface area contributed by atoms with Crippen molar-refractivity contribution in [3.63, 3.8) is 0 Å². The van der Waals surface area contributed by atoms with Crippen LogP contribution in [0, 0.1) is 6.92 Å². The molecule has 0 fully saturated rings. The highest BCUT2D eigenvalue weighted by Gasteiger charge is 2.11. The standard InChI is InChI=1S/C12H16BrNO3/c1-8-4-10(13)5-9(6-15)12(8)17-7-11(16)14(2)3/h4-5,15H,6-7H2,1-3H3. The number of rotatable bonds is 4. The number of aliphatic hydroxyl groups is 1. The molecule has 0 bridgehead atoms. The van der Waals surface area contributed by atoms with Gasteiger partial charge in [-0.3, -0.25) is 4.79 Å². The molecule has 0 spiro atoms. The fourth-order valence-corrected chi connectivity index (χ4v) is 2.01. The molecule has 0 aliphatic carbocycles. The average Bonchev–Trinajstić information content (AvgIpc) is 2.26. The molecule has 4 nitrogen and oxygen atoms in total. The molecular weight excluding hydrogens is 286 g/mol. The van der Waals surface area contributed by atoms with Crippen molar-refractivity contribution in [2.75, 3.05) is 20.7 Å². The van der Waals surface area contributed by atoms with Gasteiger partial charge >= 0.3 is 0 Å². The van der Waals surface area contributed by atoms with Gasteiger partial charge in [-0.1, -0.05) is 15.9 Å². The number of ether oxygens (including phenoxy) is 1. The minimum atomic E-state index is -0.119. The van der Waals surface area contributed by atoms with Gasteiger partial charge in [-0.15, -0.1) is 0 Å². The van der Waals surface area contributed by atoms with E-state index < -0.39 is 0 Å². The van der Waals surface area contributed by atoms with Gasteiger partial charge in [-0.2, -0.15) is 0 Å². The Labute approximate surface area is 109 Å². The molecule has 94 valence electrons. The summed E-state index contributed by atoms with van der Waals surface area (Å²) in [5.41, 5.74) is 1.55. The molecule has 1 aromatic carbocycles. The van der Waals surface area contributed by atoms with E-state index in [0.717, 1.165) is 10.0 Å². The average molecular weight is 302 g/mol. The van der Waals surface area contributed by atoms with Crippen LogP contribution >= 0.6 is 15.9 Å². The highest BCUT2D eigenvalue weighted by atomic mass is 79.9. The zero-order valence-electron chi connectivity index (χ0n) is 10.2. The van der Waals surface area contributed by atoms with Gasteiger partial charge in [0.05, 0.1) is 6.61 Å². The number of likely N-dealkylation sites (N-methyl/N-ethyl adjacent to an activating group) is 1. The molecular formula is C12H16BrNO3. The molecule has 1 N–H and O–H groups in total. The Kier molecular flexibility index (Phi) is 4.96. The second kappa shape index (κ2) is 6.02. The predicted molar refractivity (Wildman–Crippen MR) is 69.0 cm³/mol. The van der Waals surface area contributed by atoms with Gasteiger partial charge in [0.15, 0.2) is 6.61 Å². The molecule has 0 saturated heterocycles. The fourth-order valence-electron chi connectivity index (χ4n) is 1.39. The first-order chi connectivity index (χ1) is 7.95. The smallest absolute Gasteiger partial charge is 0.259 e. The molecule has 1 aromatic rings. The molecule has 5 heteroatoms. The van der Waals surface area contributed by atoms with Crippen LogP contribution in [0.2, 0.25) is 0 Å². The first-order valence-electron chi connectivity index (χ1n) is 5.18. The van der Waals surface area contributed by atoms with E-state index in [0.29, 0.717) is 11.3 Å². The summed E-state index contributed by atoms with van der Waals surface area (Å²) in [5, 5.41) is 9.25. The van der Waals surface area contributed by atoms with Crippen LogP contribution in [0.4, 0.5) is 0 Å². The van der Waals surface area contributed by atoms with Gasteiger partial charge < -0.3 is 14.7 Å². The minimum Gasteiger partial charge on any atom is -0.483 e. The molecule has 0 radical (unpaired) electrons. The fraction of sp³-hybridized carbons (Fsp3) is 0.417. The minimum absolute atomic E-state index is 0.0253. The normalized spacial score (nSPS) is 10.2. The van der Waals surface area contributed by atoms with Crippen LogP contribution in [0.3, 0.4) is 0 Å². The van der Waals surface area contributed by atoms with E-state index in [9.17, 15) is 9.90 Å². The van der Waals surface area contributed by atoms with Crippen molar-refractivity contribution >= 4 is 21.8 Å². The number of halogens is 1. The van der Waals surface area contributed by atoms with Gasteiger partial charge in [-0.05, 0) is 24.6 Å². The monoisotopic (exact) mass is 301 g/mol. The van der Waals surface area contributed by atoms with Crippen molar-refractivity contribution in [1.82, 2.24) is 4.90 Å². The van der Waals surface area contributed by atoms with Crippen LogP contribution in [0.1, 0.15) is 11.1 Å². The maximum atomic E-state index is 11.4. The summed E-state index contributed by atoms with van der Waals surface area (Å²) in [6.07, 6.45) is 0. The van der Waals surface area contributed by atoms with Crippen molar-refractivity contribution in [3.05, 3.63) is 27.7 Å². The summed E-state index contributed by atoms with van der Waals surface area (Å²) in [6, 6.07) is 3.66. The Bertz CT molecular complexity index is 418. The van der Waals surface area contributed by atoms with E-state index in [-0.39, 0.29) is 19.1 Å². The lowest BCUT2D eigenvalue weighted by molar-refractivity contribution is -0.130. The largest absolute Gasteiger partial charge is 0.483 e. The topological polar surface area (TPSA) is 49.8 Å². The highest BCUT2D eigenvalue weighted by molar-refractivity contribution is 9.10. The van der Waals surface area contributed by atoms with E-state index in [4.69, 9.17) is 4.74 Å². The van der Waals surface area contributed by atoms with Crippen LogP contribution in [-0.4, -0.2) is 36.6 Å². The SMILES string of the molecule is Cc1cc(Br)cc(CO)c1OCC(=O)N(C)C. The summed E-state index contributed by atoms with van der Waals surface area (Å²) in [6.45, 7) is 1.73. The quantitative estimate of drug-likeness (QED) is 0.921. The van der Waals surface area contributed by atoms with Gasteiger partial charge in [0.25, 0.3) is 5.91 Å². The van der Waals surface area contributed by atoms with Crippen LogP contribution in [-0.2, 0) is 11.4 Å². The number of nitrogens with zero attached hydrogens (tertiary/aromatic N) is 1. The summed E-state index contributed by atoms with van der Waals surface area (Å²) in [7, 11) is 3.35. The zero-order chi connectivity index (χ0) is 13.0. The van der Waals surface area contributed by atoms with E-state index in [1.807, 2.05) is 13.0 Å². The lowest BCUT2D eigenvalue weighted by atomic mass is 10.1. The molecule has 1 rings (SSSR count). The maximum absolute atomic E-state index is 11.4. The molecule has 0 heterocycles. The van der Waals surface area contributed by atoms with Crippen LogP contribution in [0.5, 0.6) is 5.75 Å². The van der Waals surface area contributed by atoms with E-state index in [2.05, 4.69) is 15.9 Å². The lowest BCUT2D eigenvalue weighted by Gasteiger charge is -2.15. The Morgan fingerprint density at radius 2 is 2.12 bits per heavy atom. The highest BCUT2D eigenvalue weighted by Crippen LogP contribution is 2.28.